The number of hydrogen-bond donors (Lipinski definition) is 2. The standard InChI is InChI=1S/C31H32FN3O7/c1-5-18-15-31(18,30(39)41-6-2)35-27(36)22-13-20(14-23(22)29(37)38)42-28-21-10-11-24(40-4)16(3)25(21)33-26(34-28)17-8-7-9-19(32)12-17/h5,7-12,18,20,22-23H,1,6,13-15H2,2-4H3,(H,35,36)(H,37,38)/t18-,20-,22-,23-,31-/m1/s1. The number of aromatic nitrogens is 2. The second kappa shape index (κ2) is 11.4. The number of aryl methyl sites for hydroxylation is 1. The summed E-state index contributed by atoms with van der Waals surface area (Å²) in [5.74, 6) is -4.03. The lowest BCUT2D eigenvalue weighted by molar-refractivity contribution is -0.150. The number of carbonyl (C=O) groups is 3. The first-order chi connectivity index (χ1) is 20.1. The number of fused-ring (bicyclic) bond motifs is 1. The first-order valence-corrected chi connectivity index (χ1v) is 13.7. The summed E-state index contributed by atoms with van der Waals surface area (Å²) in [5.41, 5.74) is 0.441. The number of benzene rings is 2. The Morgan fingerprint density at radius 1 is 1.19 bits per heavy atom. The van der Waals surface area contributed by atoms with E-state index in [9.17, 15) is 23.9 Å². The van der Waals surface area contributed by atoms with Crippen molar-refractivity contribution in [1.29, 1.82) is 0 Å². The number of nitrogens with zero attached hydrogens (tertiary/aromatic N) is 2. The topological polar surface area (TPSA) is 137 Å². The monoisotopic (exact) mass is 577 g/mol. The molecule has 0 unspecified atom stereocenters. The number of carboxylic acids is 1. The zero-order chi connectivity index (χ0) is 30.2. The van der Waals surface area contributed by atoms with Gasteiger partial charge in [-0.25, -0.2) is 14.2 Å². The van der Waals surface area contributed by atoms with Gasteiger partial charge in [0.2, 0.25) is 11.8 Å². The fraction of sp³-hybridized carbons (Fsp3) is 0.387. The summed E-state index contributed by atoms with van der Waals surface area (Å²) < 4.78 is 31.0. The van der Waals surface area contributed by atoms with E-state index in [0.29, 0.717) is 28.6 Å². The van der Waals surface area contributed by atoms with Gasteiger partial charge in [0, 0.05) is 17.0 Å². The van der Waals surface area contributed by atoms with Crippen LogP contribution in [0.15, 0.2) is 49.1 Å². The van der Waals surface area contributed by atoms with Gasteiger partial charge in [0.1, 0.15) is 23.2 Å². The molecule has 2 saturated carbocycles. The molecule has 220 valence electrons. The molecule has 2 aromatic carbocycles. The smallest absolute Gasteiger partial charge is 0.332 e. The molecule has 2 aliphatic rings. The fourth-order valence-electron chi connectivity index (χ4n) is 5.74. The SMILES string of the molecule is C=C[C@@H]1C[C@]1(NC(=O)[C@@H]1C[C@@H](Oc2nc(-c3cccc(F)c3)nc3c(C)c(OC)ccc23)C[C@H]1C(=O)O)C(=O)OCC. The molecular weight excluding hydrogens is 545 g/mol. The van der Waals surface area contributed by atoms with Crippen LogP contribution in [0.2, 0.25) is 0 Å². The summed E-state index contributed by atoms with van der Waals surface area (Å²) in [5, 5.41) is 13.3. The molecule has 0 aliphatic heterocycles. The average molecular weight is 578 g/mol. The Bertz CT molecular complexity index is 1580. The Labute approximate surface area is 241 Å². The van der Waals surface area contributed by atoms with Gasteiger partial charge >= 0.3 is 11.9 Å². The van der Waals surface area contributed by atoms with Crippen LogP contribution in [0, 0.1) is 30.5 Å². The molecule has 5 rings (SSSR count). The van der Waals surface area contributed by atoms with Gasteiger partial charge in [-0.1, -0.05) is 18.2 Å². The van der Waals surface area contributed by atoms with Crippen LogP contribution in [-0.4, -0.2) is 58.3 Å². The normalized spacial score (nSPS) is 24.6. The third-order valence-electron chi connectivity index (χ3n) is 8.08. The summed E-state index contributed by atoms with van der Waals surface area (Å²) in [6.07, 6.45) is 1.36. The van der Waals surface area contributed by atoms with Gasteiger partial charge < -0.3 is 24.6 Å². The quantitative estimate of drug-likeness (QED) is 0.268. The summed E-state index contributed by atoms with van der Waals surface area (Å²) in [4.78, 5) is 47.6. The van der Waals surface area contributed by atoms with Crippen LogP contribution >= 0.6 is 0 Å². The summed E-state index contributed by atoms with van der Waals surface area (Å²) in [6.45, 7) is 7.38. The third kappa shape index (κ3) is 5.26. The molecule has 10 nitrogen and oxygen atoms in total. The van der Waals surface area contributed by atoms with Crippen molar-refractivity contribution >= 4 is 28.7 Å². The van der Waals surface area contributed by atoms with Gasteiger partial charge in [0.15, 0.2) is 5.82 Å². The van der Waals surface area contributed by atoms with Gasteiger partial charge in [-0.05, 0) is 57.4 Å². The second-order valence-corrected chi connectivity index (χ2v) is 10.6. The van der Waals surface area contributed by atoms with E-state index in [-0.39, 0.29) is 37.1 Å². The van der Waals surface area contributed by atoms with Crippen LogP contribution in [0.5, 0.6) is 11.6 Å². The van der Waals surface area contributed by atoms with E-state index in [1.807, 2.05) is 6.92 Å². The molecule has 3 aromatic rings. The van der Waals surface area contributed by atoms with Crippen LogP contribution in [-0.2, 0) is 19.1 Å². The molecule has 11 heteroatoms. The lowest BCUT2D eigenvalue weighted by Gasteiger charge is -2.21. The molecule has 0 spiro atoms. The third-order valence-corrected chi connectivity index (χ3v) is 8.08. The minimum Gasteiger partial charge on any atom is -0.496 e. The first-order valence-electron chi connectivity index (χ1n) is 13.7. The Morgan fingerprint density at radius 2 is 1.95 bits per heavy atom. The molecule has 1 amide bonds. The van der Waals surface area contributed by atoms with Crippen molar-refractivity contribution in [3.05, 3.63) is 60.4 Å². The fourth-order valence-corrected chi connectivity index (χ4v) is 5.74. The number of esters is 1. The van der Waals surface area contributed by atoms with Crippen molar-refractivity contribution in [3.8, 4) is 23.0 Å². The highest BCUT2D eigenvalue weighted by molar-refractivity contribution is 5.94. The number of aliphatic carboxylic acids is 1. The van der Waals surface area contributed by atoms with E-state index in [4.69, 9.17) is 14.2 Å². The Morgan fingerprint density at radius 3 is 2.60 bits per heavy atom. The number of methoxy groups -OCH3 is 1. The molecule has 2 aliphatic carbocycles. The van der Waals surface area contributed by atoms with Crippen molar-refractivity contribution in [3.63, 3.8) is 0 Å². The van der Waals surface area contributed by atoms with Crippen LogP contribution in [0.1, 0.15) is 31.7 Å². The molecular formula is C31H32FN3O7. The number of nitrogens with one attached hydrogen (secondary N) is 1. The lowest BCUT2D eigenvalue weighted by Crippen LogP contribution is -2.49. The van der Waals surface area contributed by atoms with E-state index in [1.54, 1.807) is 44.4 Å². The van der Waals surface area contributed by atoms with Gasteiger partial charge in [-0.2, -0.15) is 4.98 Å². The zero-order valence-electron chi connectivity index (χ0n) is 23.6. The van der Waals surface area contributed by atoms with E-state index in [2.05, 4.69) is 21.9 Å². The molecule has 0 bridgehead atoms. The number of ether oxygens (including phenoxy) is 3. The van der Waals surface area contributed by atoms with E-state index >= 15 is 0 Å². The molecule has 42 heavy (non-hydrogen) atoms. The maximum Gasteiger partial charge on any atom is 0.332 e. The number of carboxylic acid groups (broad SMARTS) is 1. The number of rotatable bonds is 10. The van der Waals surface area contributed by atoms with Crippen molar-refractivity contribution in [2.24, 2.45) is 17.8 Å². The number of carbonyl (C=O) groups excluding carboxylic acids is 2. The highest BCUT2D eigenvalue weighted by Crippen LogP contribution is 2.46. The maximum absolute atomic E-state index is 14.1. The zero-order valence-corrected chi connectivity index (χ0v) is 23.6. The molecule has 0 radical (unpaired) electrons. The van der Waals surface area contributed by atoms with Gasteiger partial charge in [0.05, 0.1) is 36.5 Å². The minimum absolute atomic E-state index is 0.0423. The van der Waals surface area contributed by atoms with Crippen molar-refractivity contribution in [2.75, 3.05) is 13.7 Å². The van der Waals surface area contributed by atoms with Gasteiger partial charge in [0.25, 0.3) is 0 Å². The highest BCUT2D eigenvalue weighted by Gasteiger charge is 2.62. The average Bonchev–Trinajstić information content (AvgIpc) is 3.52. The Balaban J connectivity index is 1.46. The summed E-state index contributed by atoms with van der Waals surface area (Å²) in [7, 11) is 1.54. The number of halogens is 1. The van der Waals surface area contributed by atoms with E-state index < -0.39 is 47.1 Å². The van der Waals surface area contributed by atoms with Crippen molar-refractivity contribution in [2.45, 2.75) is 44.8 Å². The molecule has 0 saturated heterocycles. The largest absolute Gasteiger partial charge is 0.496 e. The number of amides is 1. The van der Waals surface area contributed by atoms with Crippen LogP contribution < -0.4 is 14.8 Å². The van der Waals surface area contributed by atoms with Crippen LogP contribution in [0.4, 0.5) is 4.39 Å². The van der Waals surface area contributed by atoms with Gasteiger partial charge in [-0.15, -0.1) is 6.58 Å². The molecule has 2 fully saturated rings. The van der Waals surface area contributed by atoms with Crippen molar-refractivity contribution in [1.82, 2.24) is 15.3 Å². The lowest BCUT2D eigenvalue weighted by atomic mass is 9.94. The first kappa shape index (κ1) is 29.0. The highest BCUT2D eigenvalue weighted by atomic mass is 19.1. The number of hydrogen-bond acceptors (Lipinski definition) is 8. The molecule has 1 heterocycles. The molecule has 2 N–H and O–H groups in total. The summed E-state index contributed by atoms with van der Waals surface area (Å²) in [6, 6.07) is 9.34. The molecule has 1 aromatic heterocycles. The Hall–Kier alpha value is -4.54. The van der Waals surface area contributed by atoms with Crippen LogP contribution in [0.3, 0.4) is 0 Å². The van der Waals surface area contributed by atoms with E-state index in [0.717, 1.165) is 5.56 Å². The maximum atomic E-state index is 14.1. The van der Waals surface area contributed by atoms with E-state index in [1.165, 1.54) is 12.1 Å². The van der Waals surface area contributed by atoms with Crippen molar-refractivity contribution < 1.29 is 38.1 Å². The van der Waals surface area contributed by atoms with Gasteiger partial charge in [-0.3, -0.25) is 9.59 Å². The minimum atomic E-state index is -1.24. The molecule has 5 atom stereocenters. The predicted octanol–water partition coefficient (Wildman–Crippen LogP) is 4.24. The second-order valence-electron chi connectivity index (χ2n) is 10.6. The summed E-state index contributed by atoms with van der Waals surface area (Å²) >= 11 is 0. The Kier molecular flexibility index (Phi) is 7.85. The predicted molar refractivity (Wildman–Crippen MR) is 150 cm³/mol. The van der Waals surface area contributed by atoms with Crippen LogP contribution in [0.25, 0.3) is 22.3 Å².